The molecule has 0 spiro atoms. The Morgan fingerprint density at radius 3 is 2.50 bits per heavy atom. The molecule has 1 heterocycles. The van der Waals surface area contributed by atoms with Crippen LogP contribution in [0.15, 0.2) is 6.20 Å². The predicted molar refractivity (Wildman–Crippen MR) is 56.7 cm³/mol. The molecule has 0 aliphatic rings. The first-order chi connectivity index (χ1) is 6.42. The van der Waals surface area contributed by atoms with E-state index in [2.05, 4.69) is 15.3 Å². The van der Waals surface area contributed by atoms with Gasteiger partial charge in [-0.25, -0.2) is 4.98 Å². The number of rotatable bonds is 2. The van der Waals surface area contributed by atoms with Crippen LogP contribution in [-0.2, 0) is 0 Å². The molecule has 0 aliphatic carbocycles. The lowest BCUT2D eigenvalue weighted by molar-refractivity contribution is 0.123. The molecule has 1 aromatic heterocycles. The van der Waals surface area contributed by atoms with Gasteiger partial charge in [0.2, 0.25) is 11.8 Å². The number of hydrogen-bond donors (Lipinski definition) is 1. The predicted octanol–water partition coefficient (Wildman–Crippen LogP) is 2.00. The topological polar surface area (TPSA) is 47.0 Å². The van der Waals surface area contributed by atoms with E-state index in [0.29, 0.717) is 11.8 Å². The molecule has 4 nitrogen and oxygen atoms in total. The van der Waals surface area contributed by atoms with Crippen molar-refractivity contribution in [1.29, 1.82) is 0 Å². The summed E-state index contributed by atoms with van der Waals surface area (Å²) >= 11 is 0. The summed E-state index contributed by atoms with van der Waals surface area (Å²) in [5.74, 6) is 1.21. The molecule has 0 aromatic carbocycles. The van der Waals surface area contributed by atoms with Crippen molar-refractivity contribution < 1.29 is 4.74 Å². The van der Waals surface area contributed by atoms with Gasteiger partial charge in [-0.1, -0.05) is 0 Å². The van der Waals surface area contributed by atoms with E-state index in [0.717, 1.165) is 5.56 Å². The summed E-state index contributed by atoms with van der Waals surface area (Å²) in [5.41, 5.74) is 0.711. The molecule has 14 heavy (non-hydrogen) atoms. The van der Waals surface area contributed by atoms with Crippen molar-refractivity contribution in [3.05, 3.63) is 11.8 Å². The Bertz CT molecular complexity index is 318. The zero-order valence-corrected chi connectivity index (χ0v) is 9.38. The van der Waals surface area contributed by atoms with Crippen LogP contribution in [0.1, 0.15) is 26.3 Å². The second kappa shape index (κ2) is 3.82. The van der Waals surface area contributed by atoms with Gasteiger partial charge in [0, 0.05) is 18.8 Å². The zero-order valence-electron chi connectivity index (χ0n) is 9.38. The molecule has 0 unspecified atom stereocenters. The molecule has 0 fully saturated rings. The summed E-state index contributed by atoms with van der Waals surface area (Å²) in [6.07, 6.45) is 1.75. The standard InChI is InChI=1S/C10H17N3O/c1-7-6-12-9(11-5)13-8(7)14-10(2,3)4/h6H,1-5H3,(H,11,12,13). The number of aryl methyl sites for hydroxylation is 1. The lowest BCUT2D eigenvalue weighted by Crippen LogP contribution is -2.24. The van der Waals surface area contributed by atoms with Crippen molar-refractivity contribution in [1.82, 2.24) is 9.97 Å². The van der Waals surface area contributed by atoms with Gasteiger partial charge in [0.25, 0.3) is 0 Å². The second-order valence-electron chi connectivity index (χ2n) is 4.15. The Kier molecular flexibility index (Phi) is 2.93. The lowest BCUT2D eigenvalue weighted by atomic mass is 10.2. The van der Waals surface area contributed by atoms with Crippen LogP contribution in [0.2, 0.25) is 0 Å². The highest BCUT2D eigenvalue weighted by Crippen LogP contribution is 2.20. The van der Waals surface area contributed by atoms with Gasteiger partial charge >= 0.3 is 0 Å². The highest BCUT2D eigenvalue weighted by Gasteiger charge is 2.15. The fourth-order valence-electron chi connectivity index (χ4n) is 0.940. The minimum Gasteiger partial charge on any atom is -0.472 e. The number of aromatic nitrogens is 2. The van der Waals surface area contributed by atoms with E-state index in [1.165, 1.54) is 0 Å². The van der Waals surface area contributed by atoms with Crippen molar-refractivity contribution in [2.75, 3.05) is 12.4 Å². The van der Waals surface area contributed by atoms with Crippen molar-refractivity contribution >= 4 is 5.95 Å². The van der Waals surface area contributed by atoms with Crippen LogP contribution in [0.5, 0.6) is 5.88 Å². The quantitative estimate of drug-likeness (QED) is 0.784. The van der Waals surface area contributed by atoms with Gasteiger partial charge in [-0.05, 0) is 27.7 Å². The minimum absolute atomic E-state index is 0.232. The van der Waals surface area contributed by atoms with E-state index in [1.807, 2.05) is 27.7 Å². The Labute approximate surface area is 84.7 Å². The molecular formula is C10H17N3O. The van der Waals surface area contributed by atoms with Crippen LogP contribution in [0.4, 0.5) is 5.95 Å². The van der Waals surface area contributed by atoms with Gasteiger partial charge in [-0.2, -0.15) is 4.98 Å². The minimum atomic E-state index is -0.232. The monoisotopic (exact) mass is 195 g/mol. The van der Waals surface area contributed by atoms with Gasteiger partial charge in [-0.15, -0.1) is 0 Å². The Hall–Kier alpha value is -1.32. The summed E-state index contributed by atoms with van der Waals surface area (Å²) in [5, 5.41) is 2.88. The maximum atomic E-state index is 5.68. The molecular weight excluding hydrogens is 178 g/mol. The van der Waals surface area contributed by atoms with Gasteiger partial charge in [0.05, 0.1) is 0 Å². The average Bonchev–Trinajstić information content (AvgIpc) is 2.06. The number of nitrogens with one attached hydrogen (secondary N) is 1. The first-order valence-corrected chi connectivity index (χ1v) is 4.63. The van der Waals surface area contributed by atoms with Crippen LogP contribution < -0.4 is 10.1 Å². The molecule has 0 radical (unpaired) electrons. The summed E-state index contributed by atoms with van der Waals surface area (Å²) in [6.45, 7) is 7.91. The summed E-state index contributed by atoms with van der Waals surface area (Å²) in [7, 11) is 1.78. The van der Waals surface area contributed by atoms with Gasteiger partial charge in [-0.3, -0.25) is 0 Å². The average molecular weight is 195 g/mol. The number of nitrogens with zero attached hydrogens (tertiary/aromatic N) is 2. The van der Waals surface area contributed by atoms with Crippen LogP contribution in [-0.4, -0.2) is 22.6 Å². The molecule has 0 saturated heterocycles. The molecule has 4 heteroatoms. The van der Waals surface area contributed by atoms with Gasteiger partial charge in [0.1, 0.15) is 5.60 Å². The van der Waals surface area contributed by atoms with Crippen molar-refractivity contribution in [2.24, 2.45) is 0 Å². The molecule has 1 N–H and O–H groups in total. The smallest absolute Gasteiger partial charge is 0.225 e. The maximum Gasteiger partial charge on any atom is 0.225 e. The van der Waals surface area contributed by atoms with Gasteiger partial charge < -0.3 is 10.1 Å². The normalized spacial score (nSPS) is 11.2. The van der Waals surface area contributed by atoms with Crippen LogP contribution in [0.3, 0.4) is 0 Å². The highest BCUT2D eigenvalue weighted by molar-refractivity contribution is 5.32. The summed E-state index contributed by atoms with van der Waals surface area (Å²) in [4.78, 5) is 8.32. The van der Waals surface area contributed by atoms with E-state index in [-0.39, 0.29) is 5.60 Å². The molecule has 0 aliphatic heterocycles. The van der Waals surface area contributed by atoms with Crippen LogP contribution >= 0.6 is 0 Å². The van der Waals surface area contributed by atoms with Crippen LogP contribution in [0, 0.1) is 6.92 Å². The highest BCUT2D eigenvalue weighted by atomic mass is 16.5. The van der Waals surface area contributed by atoms with E-state index in [4.69, 9.17) is 4.74 Å². The second-order valence-corrected chi connectivity index (χ2v) is 4.15. The molecule has 1 aromatic rings. The van der Waals surface area contributed by atoms with E-state index in [1.54, 1.807) is 13.2 Å². The zero-order chi connectivity index (χ0) is 10.8. The fraction of sp³-hybridized carbons (Fsp3) is 0.600. The first kappa shape index (κ1) is 10.8. The third kappa shape index (κ3) is 2.87. The first-order valence-electron chi connectivity index (χ1n) is 4.63. The molecule has 0 bridgehead atoms. The van der Waals surface area contributed by atoms with Crippen molar-refractivity contribution in [3.63, 3.8) is 0 Å². The third-order valence-corrected chi connectivity index (χ3v) is 1.55. The number of ether oxygens (including phenoxy) is 1. The lowest BCUT2D eigenvalue weighted by Gasteiger charge is -2.21. The molecule has 78 valence electrons. The Morgan fingerprint density at radius 2 is 2.00 bits per heavy atom. The van der Waals surface area contributed by atoms with Crippen molar-refractivity contribution in [3.8, 4) is 5.88 Å². The summed E-state index contributed by atoms with van der Waals surface area (Å²) in [6, 6.07) is 0. The third-order valence-electron chi connectivity index (χ3n) is 1.55. The SMILES string of the molecule is CNc1ncc(C)c(OC(C)(C)C)n1. The largest absolute Gasteiger partial charge is 0.472 e. The molecule has 1 rings (SSSR count). The fourth-order valence-corrected chi connectivity index (χ4v) is 0.940. The molecule has 0 atom stereocenters. The number of anilines is 1. The number of hydrogen-bond acceptors (Lipinski definition) is 4. The van der Waals surface area contributed by atoms with E-state index < -0.39 is 0 Å². The Morgan fingerprint density at radius 1 is 1.36 bits per heavy atom. The summed E-state index contributed by atoms with van der Waals surface area (Å²) < 4.78 is 5.68. The molecule has 0 amide bonds. The van der Waals surface area contributed by atoms with Gasteiger partial charge in [0.15, 0.2) is 0 Å². The van der Waals surface area contributed by atoms with Crippen LogP contribution in [0.25, 0.3) is 0 Å². The van der Waals surface area contributed by atoms with E-state index >= 15 is 0 Å². The molecule has 0 saturated carbocycles. The Balaban J connectivity index is 2.95. The van der Waals surface area contributed by atoms with Crippen molar-refractivity contribution in [2.45, 2.75) is 33.3 Å². The maximum absolute atomic E-state index is 5.68. The van der Waals surface area contributed by atoms with E-state index in [9.17, 15) is 0 Å².